The predicted octanol–water partition coefficient (Wildman–Crippen LogP) is 4.69. The Bertz CT molecular complexity index is 1360. The molecule has 3 aromatic carbocycles. The van der Waals surface area contributed by atoms with Gasteiger partial charge in [0.15, 0.2) is 0 Å². The summed E-state index contributed by atoms with van der Waals surface area (Å²) < 4.78 is 10.9. The highest BCUT2D eigenvalue weighted by Crippen LogP contribution is 2.31. The van der Waals surface area contributed by atoms with Crippen molar-refractivity contribution in [2.45, 2.75) is 13.3 Å². The largest absolute Gasteiger partial charge is 0.495 e. The van der Waals surface area contributed by atoms with Crippen molar-refractivity contribution in [1.82, 2.24) is 5.32 Å². The molecule has 1 heterocycles. The van der Waals surface area contributed by atoms with E-state index in [-0.39, 0.29) is 5.91 Å². The molecule has 0 atom stereocenters. The lowest BCUT2D eigenvalue weighted by molar-refractivity contribution is 0.0944. The number of carbonyl (C=O) groups excluding carboxylic acids is 2. The molecule has 0 aliphatic carbocycles. The zero-order chi connectivity index (χ0) is 29.0. The van der Waals surface area contributed by atoms with E-state index in [1.807, 2.05) is 31.2 Å². The molecule has 3 aromatic rings. The number of benzene rings is 3. The third kappa shape index (κ3) is 7.90. The van der Waals surface area contributed by atoms with Crippen LogP contribution >= 0.6 is 0 Å². The molecular weight excluding hydrogens is 520 g/mol. The number of hydrogen-bond donors (Lipinski definition) is 3. The van der Waals surface area contributed by atoms with Gasteiger partial charge in [0.25, 0.3) is 5.91 Å². The lowest BCUT2D eigenvalue weighted by atomic mass is 10.1. The first-order chi connectivity index (χ1) is 20.0. The minimum Gasteiger partial charge on any atom is -0.495 e. The van der Waals surface area contributed by atoms with E-state index in [4.69, 9.17) is 14.7 Å². The van der Waals surface area contributed by atoms with Crippen molar-refractivity contribution in [1.29, 1.82) is 5.26 Å². The van der Waals surface area contributed by atoms with Crippen LogP contribution in [0.1, 0.15) is 29.3 Å². The topological polar surface area (TPSA) is 119 Å². The fourth-order valence-electron chi connectivity index (χ4n) is 4.69. The SMILES string of the molecule is CCOCCCNC(=O)c1cc(NC(=O)Nc2ccc(C#N)cc2)ccc1N1CCN(c2ccccc2OC)CC1. The first-order valence-corrected chi connectivity index (χ1v) is 13.7. The van der Waals surface area contributed by atoms with Gasteiger partial charge in [0.05, 0.1) is 30.0 Å². The normalized spacial score (nSPS) is 12.8. The maximum absolute atomic E-state index is 13.3. The average molecular weight is 557 g/mol. The minimum absolute atomic E-state index is 0.209. The number of nitrogens with zero attached hydrogens (tertiary/aromatic N) is 3. The molecule has 41 heavy (non-hydrogen) atoms. The number of amides is 3. The molecule has 0 bridgehead atoms. The van der Waals surface area contributed by atoms with Crippen LogP contribution < -0.4 is 30.5 Å². The zero-order valence-corrected chi connectivity index (χ0v) is 23.5. The second-order valence-corrected chi connectivity index (χ2v) is 9.45. The number of methoxy groups -OCH3 is 1. The molecule has 3 amide bonds. The minimum atomic E-state index is -0.448. The van der Waals surface area contributed by atoms with Crippen molar-refractivity contribution in [2.24, 2.45) is 0 Å². The van der Waals surface area contributed by atoms with Gasteiger partial charge in [-0.3, -0.25) is 4.79 Å². The summed E-state index contributed by atoms with van der Waals surface area (Å²) in [6.45, 7) is 6.60. The Hall–Kier alpha value is -4.75. The van der Waals surface area contributed by atoms with Crippen LogP contribution in [0.5, 0.6) is 5.75 Å². The summed E-state index contributed by atoms with van der Waals surface area (Å²) in [6.07, 6.45) is 0.706. The van der Waals surface area contributed by atoms with Crippen molar-refractivity contribution in [3.63, 3.8) is 0 Å². The molecule has 214 valence electrons. The zero-order valence-electron chi connectivity index (χ0n) is 23.5. The molecule has 1 saturated heterocycles. The van der Waals surface area contributed by atoms with Gasteiger partial charge < -0.3 is 35.2 Å². The highest BCUT2D eigenvalue weighted by atomic mass is 16.5. The van der Waals surface area contributed by atoms with Gasteiger partial charge in [0, 0.05) is 63.0 Å². The number of carbonyl (C=O) groups is 2. The van der Waals surface area contributed by atoms with Gasteiger partial charge in [-0.05, 0) is 67.9 Å². The summed E-state index contributed by atoms with van der Waals surface area (Å²) >= 11 is 0. The van der Waals surface area contributed by atoms with Crippen LogP contribution in [0.2, 0.25) is 0 Å². The Morgan fingerprint density at radius 2 is 1.56 bits per heavy atom. The number of nitriles is 1. The van der Waals surface area contributed by atoms with E-state index in [1.54, 1.807) is 43.5 Å². The van der Waals surface area contributed by atoms with Crippen molar-refractivity contribution in [3.05, 3.63) is 77.9 Å². The molecule has 3 N–H and O–H groups in total. The Morgan fingerprint density at radius 1 is 0.902 bits per heavy atom. The van der Waals surface area contributed by atoms with Crippen LogP contribution in [0.25, 0.3) is 0 Å². The molecule has 1 aliphatic rings. The molecular formula is C31H36N6O4. The standard InChI is InChI=1S/C31H36N6O4/c1-3-41-20-6-15-33-30(38)26-21-25(35-31(39)34-24-11-9-23(22-32)10-12-24)13-14-27(26)36-16-18-37(19-17-36)28-7-4-5-8-29(28)40-2/h4-5,7-14,21H,3,6,15-20H2,1-2H3,(H,33,38)(H2,34,35,39). The van der Waals surface area contributed by atoms with Crippen LogP contribution in [0, 0.1) is 11.3 Å². The van der Waals surface area contributed by atoms with Crippen LogP contribution in [0.3, 0.4) is 0 Å². The van der Waals surface area contributed by atoms with Gasteiger partial charge in [0.2, 0.25) is 0 Å². The number of ether oxygens (including phenoxy) is 2. The number of anilines is 4. The third-order valence-corrected chi connectivity index (χ3v) is 6.77. The molecule has 0 radical (unpaired) electrons. The molecule has 1 aliphatic heterocycles. The van der Waals surface area contributed by atoms with E-state index in [9.17, 15) is 9.59 Å². The third-order valence-electron chi connectivity index (χ3n) is 6.77. The van der Waals surface area contributed by atoms with E-state index in [2.05, 4.69) is 37.9 Å². The van der Waals surface area contributed by atoms with Crippen LogP contribution in [0.4, 0.5) is 27.5 Å². The van der Waals surface area contributed by atoms with Gasteiger partial charge in [-0.15, -0.1) is 0 Å². The number of piperazine rings is 1. The highest BCUT2D eigenvalue weighted by molar-refractivity contribution is 6.04. The molecule has 0 unspecified atom stereocenters. The lowest BCUT2D eigenvalue weighted by Crippen LogP contribution is -2.47. The Morgan fingerprint density at radius 3 is 2.24 bits per heavy atom. The van der Waals surface area contributed by atoms with Gasteiger partial charge in [0.1, 0.15) is 5.75 Å². The van der Waals surface area contributed by atoms with Crippen molar-refractivity contribution in [2.75, 3.05) is 73.5 Å². The summed E-state index contributed by atoms with van der Waals surface area (Å²) in [4.78, 5) is 30.5. The van der Waals surface area contributed by atoms with Crippen molar-refractivity contribution >= 4 is 34.7 Å². The van der Waals surface area contributed by atoms with Gasteiger partial charge in [-0.2, -0.15) is 5.26 Å². The number of para-hydroxylation sites is 2. The lowest BCUT2D eigenvalue weighted by Gasteiger charge is -2.38. The number of urea groups is 1. The Labute approximate surface area is 240 Å². The van der Waals surface area contributed by atoms with Crippen molar-refractivity contribution < 1.29 is 19.1 Å². The van der Waals surface area contributed by atoms with Crippen molar-refractivity contribution in [3.8, 4) is 11.8 Å². The van der Waals surface area contributed by atoms with E-state index in [0.717, 1.165) is 30.2 Å². The molecule has 10 heteroatoms. The van der Waals surface area contributed by atoms with E-state index < -0.39 is 6.03 Å². The summed E-state index contributed by atoms with van der Waals surface area (Å²) in [5.74, 6) is 0.627. The van der Waals surface area contributed by atoms with Gasteiger partial charge in [-0.1, -0.05) is 12.1 Å². The molecule has 0 spiro atoms. The van der Waals surface area contributed by atoms with Crippen LogP contribution in [0.15, 0.2) is 66.7 Å². The van der Waals surface area contributed by atoms with E-state index in [1.165, 1.54) is 0 Å². The quantitative estimate of drug-likeness (QED) is 0.293. The maximum atomic E-state index is 13.3. The summed E-state index contributed by atoms with van der Waals surface area (Å²) in [5, 5.41) is 17.5. The first kappa shape index (κ1) is 29.2. The Balaban J connectivity index is 1.47. The fraction of sp³-hybridized carbons (Fsp3) is 0.323. The molecule has 0 aromatic heterocycles. The van der Waals surface area contributed by atoms with E-state index in [0.29, 0.717) is 61.8 Å². The smallest absolute Gasteiger partial charge is 0.323 e. The fourth-order valence-corrected chi connectivity index (χ4v) is 4.69. The average Bonchev–Trinajstić information content (AvgIpc) is 3.01. The van der Waals surface area contributed by atoms with Gasteiger partial charge in [-0.25, -0.2) is 4.79 Å². The first-order valence-electron chi connectivity index (χ1n) is 13.7. The maximum Gasteiger partial charge on any atom is 0.323 e. The molecule has 0 saturated carbocycles. The second kappa shape index (κ2) is 14.6. The summed E-state index contributed by atoms with van der Waals surface area (Å²) in [6, 6.07) is 21.5. The van der Waals surface area contributed by atoms with Crippen LogP contribution in [-0.4, -0.2) is 65.0 Å². The molecule has 1 fully saturated rings. The summed E-state index contributed by atoms with van der Waals surface area (Å²) in [5.41, 5.74) is 3.90. The van der Waals surface area contributed by atoms with Crippen LogP contribution in [-0.2, 0) is 4.74 Å². The van der Waals surface area contributed by atoms with E-state index >= 15 is 0 Å². The number of hydrogen-bond acceptors (Lipinski definition) is 7. The number of rotatable bonds is 11. The summed E-state index contributed by atoms with van der Waals surface area (Å²) in [7, 11) is 1.68. The second-order valence-electron chi connectivity index (χ2n) is 9.45. The monoisotopic (exact) mass is 556 g/mol. The molecule has 10 nitrogen and oxygen atoms in total. The Kier molecular flexibility index (Phi) is 10.4. The number of nitrogens with one attached hydrogen (secondary N) is 3. The van der Waals surface area contributed by atoms with Gasteiger partial charge >= 0.3 is 6.03 Å². The molecule has 4 rings (SSSR count). The predicted molar refractivity (Wildman–Crippen MR) is 161 cm³/mol. The highest BCUT2D eigenvalue weighted by Gasteiger charge is 2.24.